The van der Waals surface area contributed by atoms with E-state index in [1.54, 1.807) is 12.1 Å². The Balaban J connectivity index is 1.82. The highest BCUT2D eigenvalue weighted by molar-refractivity contribution is 5.21. The lowest BCUT2D eigenvalue weighted by molar-refractivity contribution is 0.141. The van der Waals surface area contributed by atoms with Gasteiger partial charge in [0.05, 0.1) is 0 Å². The zero-order valence-corrected chi connectivity index (χ0v) is 13.6. The summed E-state index contributed by atoms with van der Waals surface area (Å²) < 4.78 is 14.1. The minimum absolute atomic E-state index is 0.0320. The minimum atomic E-state index is -0.0320. The zero-order valence-electron chi connectivity index (χ0n) is 13.6. The normalized spacial score (nSPS) is 31.8. The topological polar surface area (TPSA) is 12.0 Å². The summed E-state index contributed by atoms with van der Waals surface area (Å²) in [5.74, 6) is 1.62. The first-order valence-electron chi connectivity index (χ1n) is 8.36. The fraction of sp³-hybridized carbons (Fsp3) is 0.684. The molecule has 0 aromatic heterocycles. The van der Waals surface area contributed by atoms with Crippen LogP contribution < -0.4 is 5.32 Å². The highest BCUT2D eigenvalue weighted by atomic mass is 19.1. The van der Waals surface area contributed by atoms with Crippen molar-refractivity contribution in [3.63, 3.8) is 0 Å². The summed E-state index contributed by atoms with van der Waals surface area (Å²) in [6.07, 6.45) is 6.25. The van der Waals surface area contributed by atoms with Gasteiger partial charge >= 0.3 is 0 Å². The second kappa shape index (κ2) is 5.39. The number of hydrogen-bond acceptors (Lipinski definition) is 1. The Morgan fingerprint density at radius 1 is 1.24 bits per heavy atom. The number of benzene rings is 1. The van der Waals surface area contributed by atoms with E-state index in [2.05, 4.69) is 26.1 Å². The SMILES string of the molecule is CC(C)(C)NCC1(Cc2ccccc2F)CC2CCC1C2. The fourth-order valence-electron chi connectivity index (χ4n) is 4.52. The Labute approximate surface area is 128 Å². The van der Waals surface area contributed by atoms with Crippen LogP contribution in [0.2, 0.25) is 0 Å². The van der Waals surface area contributed by atoms with Gasteiger partial charge in [-0.1, -0.05) is 24.6 Å². The summed E-state index contributed by atoms with van der Waals surface area (Å²) in [4.78, 5) is 0. The molecule has 3 rings (SSSR count). The fourth-order valence-corrected chi connectivity index (χ4v) is 4.52. The van der Waals surface area contributed by atoms with Crippen molar-refractivity contribution in [2.45, 2.75) is 58.4 Å². The minimum Gasteiger partial charge on any atom is -0.311 e. The van der Waals surface area contributed by atoms with Crippen LogP contribution in [0.5, 0.6) is 0 Å². The van der Waals surface area contributed by atoms with E-state index in [0.717, 1.165) is 30.4 Å². The Hall–Kier alpha value is -0.890. The molecule has 1 N–H and O–H groups in total. The molecular weight excluding hydrogens is 261 g/mol. The van der Waals surface area contributed by atoms with Crippen molar-refractivity contribution in [3.8, 4) is 0 Å². The molecule has 0 aliphatic heterocycles. The van der Waals surface area contributed by atoms with Crippen molar-refractivity contribution in [2.24, 2.45) is 17.3 Å². The van der Waals surface area contributed by atoms with Crippen molar-refractivity contribution in [1.82, 2.24) is 5.32 Å². The predicted octanol–water partition coefficient (Wildman–Crippen LogP) is 4.56. The number of rotatable bonds is 4. The average molecular weight is 289 g/mol. The van der Waals surface area contributed by atoms with Gasteiger partial charge < -0.3 is 5.32 Å². The molecule has 0 heterocycles. The van der Waals surface area contributed by atoms with E-state index >= 15 is 0 Å². The summed E-state index contributed by atoms with van der Waals surface area (Å²) in [6, 6.07) is 7.34. The molecule has 0 amide bonds. The van der Waals surface area contributed by atoms with Gasteiger partial charge in [0.2, 0.25) is 0 Å². The molecular formula is C19H28FN. The number of hydrogen-bond donors (Lipinski definition) is 1. The van der Waals surface area contributed by atoms with E-state index in [0.29, 0.717) is 0 Å². The summed E-state index contributed by atoms with van der Waals surface area (Å²) in [6.45, 7) is 7.68. The monoisotopic (exact) mass is 289 g/mol. The molecule has 3 unspecified atom stereocenters. The molecule has 2 aliphatic carbocycles. The number of nitrogens with one attached hydrogen (secondary N) is 1. The molecule has 2 bridgehead atoms. The number of fused-ring (bicyclic) bond motifs is 2. The lowest BCUT2D eigenvalue weighted by atomic mass is 9.69. The maximum absolute atomic E-state index is 14.1. The van der Waals surface area contributed by atoms with E-state index in [1.807, 2.05) is 12.1 Å². The van der Waals surface area contributed by atoms with Gasteiger partial charge in [-0.3, -0.25) is 0 Å². The molecule has 2 saturated carbocycles. The van der Waals surface area contributed by atoms with Crippen LogP contribution in [0.25, 0.3) is 0 Å². The third kappa shape index (κ3) is 3.15. The molecule has 1 nitrogen and oxygen atoms in total. The number of halogens is 1. The largest absolute Gasteiger partial charge is 0.311 e. The zero-order chi connectivity index (χ0) is 15.1. The molecule has 0 spiro atoms. The molecule has 21 heavy (non-hydrogen) atoms. The summed E-state index contributed by atoms with van der Waals surface area (Å²) in [5, 5.41) is 3.71. The van der Waals surface area contributed by atoms with Crippen molar-refractivity contribution < 1.29 is 4.39 Å². The third-order valence-corrected chi connectivity index (χ3v) is 5.57. The molecule has 116 valence electrons. The van der Waals surface area contributed by atoms with Gasteiger partial charge in [0.15, 0.2) is 0 Å². The van der Waals surface area contributed by atoms with Gasteiger partial charge in [0, 0.05) is 12.1 Å². The van der Waals surface area contributed by atoms with Crippen molar-refractivity contribution in [1.29, 1.82) is 0 Å². The maximum atomic E-state index is 14.1. The lowest BCUT2D eigenvalue weighted by Crippen LogP contribution is -2.47. The van der Waals surface area contributed by atoms with Crippen LogP contribution in [-0.4, -0.2) is 12.1 Å². The first-order chi connectivity index (χ1) is 9.88. The Bertz CT molecular complexity index is 505. The third-order valence-electron chi connectivity index (χ3n) is 5.57. The molecule has 2 aliphatic rings. The first kappa shape index (κ1) is 15.0. The van der Waals surface area contributed by atoms with Gasteiger partial charge in [-0.05, 0) is 75.3 Å². The average Bonchev–Trinajstić information content (AvgIpc) is 2.99. The van der Waals surface area contributed by atoms with Gasteiger partial charge in [0.1, 0.15) is 5.82 Å². The molecule has 3 atom stereocenters. The smallest absolute Gasteiger partial charge is 0.126 e. The second-order valence-corrected chi connectivity index (χ2v) is 8.31. The van der Waals surface area contributed by atoms with E-state index in [9.17, 15) is 4.39 Å². The summed E-state index contributed by atoms with van der Waals surface area (Å²) in [7, 11) is 0. The lowest BCUT2D eigenvalue weighted by Gasteiger charge is -2.40. The molecule has 1 aromatic rings. The molecule has 2 fully saturated rings. The summed E-state index contributed by atoms with van der Waals surface area (Å²) >= 11 is 0. The Kier molecular flexibility index (Phi) is 3.85. The standard InChI is InChI=1S/C19H28FN/c1-18(2,3)21-13-19(11-14-8-9-16(19)10-14)12-15-6-4-5-7-17(15)20/h4-7,14,16,21H,8-13H2,1-3H3. The van der Waals surface area contributed by atoms with E-state index < -0.39 is 0 Å². The van der Waals surface area contributed by atoms with E-state index in [1.165, 1.54) is 25.7 Å². The van der Waals surface area contributed by atoms with Gasteiger partial charge in [-0.25, -0.2) is 4.39 Å². The summed E-state index contributed by atoms with van der Waals surface area (Å²) in [5.41, 5.74) is 1.29. The Morgan fingerprint density at radius 3 is 2.57 bits per heavy atom. The van der Waals surface area contributed by atoms with Crippen LogP contribution in [0.3, 0.4) is 0 Å². The van der Waals surface area contributed by atoms with Gasteiger partial charge in [-0.2, -0.15) is 0 Å². The quantitative estimate of drug-likeness (QED) is 0.856. The van der Waals surface area contributed by atoms with Crippen LogP contribution in [-0.2, 0) is 6.42 Å². The Morgan fingerprint density at radius 2 is 2.00 bits per heavy atom. The second-order valence-electron chi connectivity index (χ2n) is 8.31. The van der Waals surface area contributed by atoms with Crippen LogP contribution in [0.1, 0.15) is 52.0 Å². The van der Waals surface area contributed by atoms with Crippen LogP contribution in [0.4, 0.5) is 4.39 Å². The van der Waals surface area contributed by atoms with Crippen molar-refractivity contribution in [2.75, 3.05) is 6.54 Å². The van der Waals surface area contributed by atoms with Crippen molar-refractivity contribution in [3.05, 3.63) is 35.6 Å². The van der Waals surface area contributed by atoms with Crippen LogP contribution >= 0.6 is 0 Å². The van der Waals surface area contributed by atoms with Crippen LogP contribution in [0, 0.1) is 23.1 Å². The van der Waals surface area contributed by atoms with Crippen molar-refractivity contribution >= 4 is 0 Å². The van der Waals surface area contributed by atoms with E-state index in [4.69, 9.17) is 0 Å². The molecule has 2 heteroatoms. The highest BCUT2D eigenvalue weighted by Crippen LogP contribution is 2.57. The van der Waals surface area contributed by atoms with Gasteiger partial charge in [0.25, 0.3) is 0 Å². The molecule has 0 saturated heterocycles. The highest BCUT2D eigenvalue weighted by Gasteiger charge is 2.50. The van der Waals surface area contributed by atoms with Gasteiger partial charge in [-0.15, -0.1) is 0 Å². The first-order valence-corrected chi connectivity index (χ1v) is 8.36. The van der Waals surface area contributed by atoms with E-state index in [-0.39, 0.29) is 16.8 Å². The van der Waals surface area contributed by atoms with Crippen LogP contribution in [0.15, 0.2) is 24.3 Å². The molecule has 0 radical (unpaired) electrons. The molecule has 1 aromatic carbocycles. The predicted molar refractivity (Wildman–Crippen MR) is 85.7 cm³/mol. The maximum Gasteiger partial charge on any atom is 0.126 e.